The third-order valence-corrected chi connectivity index (χ3v) is 1.59. The Balaban J connectivity index is -0.0000000417. The van der Waals surface area contributed by atoms with Gasteiger partial charge in [-0.2, -0.15) is 0 Å². The zero-order valence-electron chi connectivity index (χ0n) is 9.46. The van der Waals surface area contributed by atoms with Gasteiger partial charge in [0, 0.05) is 30.1 Å². The second-order valence-electron chi connectivity index (χ2n) is 2.67. The van der Waals surface area contributed by atoms with E-state index >= 15 is 0 Å². The molecule has 0 aliphatic heterocycles. The van der Waals surface area contributed by atoms with Crippen molar-refractivity contribution >= 4 is 8.41 Å². The summed E-state index contributed by atoms with van der Waals surface area (Å²) in [6.07, 6.45) is 8.82. The van der Waals surface area contributed by atoms with Crippen molar-refractivity contribution in [3.05, 3.63) is 18.7 Å². The van der Waals surface area contributed by atoms with Crippen LogP contribution in [-0.4, -0.2) is 13.0 Å². The van der Waals surface area contributed by atoms with Gasteiger partial charge in [-0.1, -0.05) is 13.3 Å². The van der Waals surface area contributed by atoms with Crippen molar-refractivity contribution in [2.24, 2.45) is 7.05 Å². The molecule has 0 bridgehead atoms. The molecule has 0 N–H and O–H groups in total. The Morgan fingerprint density at radius 2 is 1.62 bits per heavy atom. The third kappa shape index (κ3) is 13.7. The molecular formula is C8H19BF4N2Ti+. The van der Waals surface area contributed by atoms with E-state index in [0.29, 0.717) is 0 Å². The largest absolute Gasteiger partial charge is 0.269 e. The predicted octanol–water partition coefficient (Wildman–Crippen LogP) is 1.34. The van der Waals surface area contributed by atoms with Crippen molar-refractivity contribution in [3.63, 3.8) is 0 Å². The van der Waals surface area contributed by atoms with Crippen LogP contribution in [0.15, 0.2) is 18.7 Å². The van der Waals surface area contributed by atoms with E-state index in [2.05, 4.69) is 34.8 Å². The summed E-state index contributed by atoms with van der Waals surface area (Å²) in [5, 5.41) is 0. The van der Waals surface area contributed by atoms with E-state index in [1.165, 1.54) is 12.8 Å². The van der Waals surface area contributed by atoms with Gasteiger partial charge in [-0.3, -0.25) is 18.8 Å². The zero-order chi connectivity index (χ0) is 7.40. The monoisotopic (exact) mass is 278 g/mol. The Morgan fingerprint density at radius 1 is 1.12 bits per heavy atom. The van der Waals surface area contributed by atoms with Crippen LogP contribution in [0.25, 0.3) is 0 Å². The first-order chi connectivity index (χ1) is 4.83. The molecule has 1 heterocycles. The fourth-order valence-corrected chi connectivity index (χ4v) is 0.975. The summed E-state index contributed by atoms with van der Waals surface area (Å²) in [7, 11) is 2.04. The van der Waals surface area contributed by atoms with Gasteiger partial charge in [0.25, 0.3) is 0 Å². The molecule has 2 nitrogen and oxygen atoms in total. The van der Waals surface area contributed by atoms with Gasteiger partial charge in [0.1, 0.15) is 12.4 Å². The van der Waals surface area contributed by atoms with Crippen LogP contribution in [0.5, 0.6) is 0 Å². The average molecular weight is 278 g/mol. The molecule has 0 aliphatic rings. The van der Waals surface area contributed by atoms with Gasteiger partial charge in [0.15, 0.2) is 0 Å². The van der Waals surface area contributed by atoms with Crippen LogP contribution in [0.2, 0.25) is 0 Å². The Kier molecular flexibility index (Phi) is 45.4. The van der Waals surface area contributed by atoms with Crippen molar-refractivity contribution < 1.29 is 45.1 Å². The first-order valence-corrected chi connectivity index (χ1v) is 3.84. The normalized spacial score (nSPS) is 6.38. The minimum Gasteiger partial charge on any atom is -0.269 e. The van der Waals surface area contributed by atoms with E-state index in [0.717, 1.165) is 6.54 Å². The van der Waals surface area contributed by atoms with Crippen molar-refractivity contribution in [1.82, 2.24) is 4.57 Å². The number of nitrogens with zero attached hydrogens (tertiary/aromatic N) is 2. The maximum absolute atomic E-state index is 2.21. The minimum absolute atomic E-state index is 0. The van der Waals surface area contributed by atoms with Gasteiger partial charge in [-0.15, -0.1) is 0 Å². The number of halogens is 4. The van der Waals surface area contributed by atoms with Crippen molar-refractivity contribution in [2.75, 3.05) is 0 Å². The molecule has 0 fully saturated rings. The number of aromatic nitrogens is 2. The maximum atomic E-state index is 2.21. The molecule has 1 aromatic heterocycles. The summed E-state index contributed by atoms with van der Waals surface area (Å²) in [6, 6.07) is 0. The molecule has 0 saturated carbocycles. The standard InChI is InChI=1S/C8H15N2.B.4FH.Ti/c1-3-4-5-10-7-6-9(2)8-10;;;;;;/h6-8H,3-5H2,1-2H3;;4*1H;/q+1;;;;;;. The van der Waals surface area contributed by atoms with Crippen molar-refractivity contribution in [1.29, 1.82) is 0 Å². The van der Waals surface area contributed by atoms with Gasteiger partial charge in [0.2, 0.25) is 6.33 Å². The molecule has 0 unspecified atom stereocenters. The summed E-state index contributed by atoms with van der Waals surface area (Å²) < 4.78 is 4.28. The molecule has 0 aliphatic carbocycles. The Morgan fingerprint density at radius 3 is 1.94 bits per heavy atom. The first kappa shape index (κ1) is 36.1. The smallest absolute Gasteiger partial charge is 0.243 e. The fourth-order valence-electron chi connectivity index (χ4n) is 0.975. The molecule has 0 aromatic carbocycles. The van der Waals surface area contributed by atoms with Crippen LogP contribution < -0.4 is 4.57 Å². The van der Waals surface area contributed by atoms with Crippen LogP contribution in [0.3, 0.4) is 0 Å². The molecule has 95 valence electrons. The SMILES string of the molecule is CCCCn1cc[n+](C)c1.F.F.F.F.[B].[Ti]. The van der Waals surface area contributed by atoms with E-state index in [1.807, 2.05) is 7.05 Å². The number of hydrogen-bond donors (Lipinski definition) is 0. The Bertz CT molecular complexity index is 214. The number of aryl methyl sites for hydroxylation is 2. The number of imidazole rings is 1. The summed E-state index contributed by atoms with van der Waals surface area (Å²) >= 11 is 0. The van der Waals surface area contributed by atoms with Crippen LogP contribution in [0, 0.1) is 0 Å². The molecule has 1 aromatic rings. The maximum Gasteiger partial charge on any atom is 0.243 e. The van der Waals surface area contributed by atoms with Crippen LogP contribution in [0.4, 0.5) is 18.8 Å². The van der Waals surface area contributed by atoms with Gasteiger partial charge in [-0.25, -0.2) is 9.13 Å². The van der Waals surface area contributed by atoms with E-state index in [1.54, 1.807) is 0 Å². The molecule has 1 rings (SSSR count). The van der Waals surface area contributed by atoms with Gasteiger partial charge in [0.05, 0.1) is 13.6 Å². The number of hydrogen-bond acceptors (Lipinski definition) is 0. The third-order valence-electron chi connectivity index (χ3n) is 1.59. The molecule has 16 heavy (non-hydrogen) atoms. The van der Waals surface area contributed by atoms with Gasteiger partial charge < -0.3 is 0 Å². The fraction of sp³-hybridized carbons (Fsp3) is 0.625. The minimum atomic E-state index is 0. The zero-order valence-corrected chi connectivity index (χ0v) is 11.0. The summed E-state index contributed by atoms with van der Waals surface area (Å²) in [5.41, 5.74) is 0. The molecule has 0 saturated heterocycles. The molecule has 8 heteroatoms. The molecule has 0 amide bonds. The molecule has 0 atom stereocenters. The first-order valence-electron chi connectivity index (χ1n) is 3.84. The molecule has 0 spiro atoms. The quantitative estimate of drug-likeness (QED) is 0.448. The summed E-state index contributed by atoms with van der Waals surface area (Å²) in [4.78, 5) is 0. The van der Waals surface area contributed by atoms with E-state index in [4.69, 9.17) is 0 Å². The molecular weight excluding hydrogens is 259 g/mol. The second-order valence-corrected chi connectivity index (χ2v) is 2.67. The van der Waals surface area contributed by atoms with Gasteiger partial charge in [-0.05, 0) is 6.42 Å². The van der Waals surface area contributed by atoms with E-state index < -0.39 is 0 Å². The van der Waals surface area contributed by atoms with Crippen molar-refractivity contribution in [3.8, 4) is 0 Å². The second kappa shape index (κ2) is 20.2. The predicted molar refractivity (Wildman–Crippen MR) is 56.3 cm³/mol. The van der Waals surface area contributed by atoms with Crippen LogP contribution >= 0.6 is 0 Å². The number of rotatable bonds is 3. The van der Waals surface area contributed by atoms with Gasteiger partial charge >= 0.3 is 0 Å². The van der Waals surface area contributed by atoms with Crippen molar-refractivity contribution in [2.45, 2.75) is 26.3 Å². The Labute approximate surface area is 110 Å². The van der Waals surface area contributed by atoms with E-state index in [-0.39, 0.29) is 48.9 Å². The van der Waals surface area contributed by atoms with Crippen LogP contribution in [0.1, 0.15) is 19.8 Å². The summed E-state index contributed by atoms with van der Waals surface area (Å²) in [6.45, 7) is 3.36. The topological polar surface area (TPSA) is 8.81 Å². The average Bonchev–Trinajstić information content (AvgIpc) is 2.31. The summed E-state index contributed by atoms with van der Waals surface area (Å²) in [5.74, 6) is 0. The number of unbranched alkanes of at least 4 members (excludes halogenated alkanes) is 1. The molecule has 3 radical (unpaired) electrons. The Hall–Kier alpha value is -0.291. The van der Waals surface area contributed by atoms with E-state index in [9.17, 15) is 0 Å². The van der Waals surface area contributed by atoms with Crippen LogP contribution in [-0.2, 0) is 35.3 Å².